The molecule has 0 saturated heterocycles. The average Bonchev–Trinajstić information content (AvgIpc) is 3.64. The quantitative estimate of drug-likeness (QED) is 0.133. The highest BCUT2D eigenvalue weighted by atomic mass is 16.3. The van der Waals surface area contributed by atoms with Gasteiger partial charge in [-0.25, -0.2) is 9.97 Å². The molecule has 0 spiro atoms. The number of aromatic nitrogens is 2. The molecule has 0 aliphatic carbocycles. The van der Waals surface area contributed by atoms with Gasteiger partial charge in [-0.2, -0.15) is 0 Å². The Labute approximate surface area is 317 Å². The van der Waals surface area contributed by atoms with E-state index < -0.39 is 0 Å². The molecule has 0 aliphatic heterocycles. The summed E-state index contributed by atoms with van der Waals surface area (Å²) in [7, 11) is 0. The van der Waals surface area contributed by atoms with Crippen molar-refractivity contribution >= 4 is 54.3 Å². The third kappa shape index (κ3) is 5.20. The number of rotatable bonds is 5. The van der Waals surface area contributed by atoms with Gasteiger partial charge in [0.1, 0.15) is 11.2 Å². The lowest BCUT2D eigenvalue weighted by molar-refractivity contribution is 0.669. The topological polar surface area (TPSA) is 38.9 Å². The van der Waals surface area contributed by atoms with Crippen LogP contribution < -0.4 is 0 Å². The molecule has 0 saturated carbocycles. The number of furan rings is 1. The van der Waals surface area contributed by atoms with Crippen molar-refractivity contribution in [3.8, 4) is 56.2 Å². The smallest absolute Gasteiger partial charge is 0.160 e. The van der Waals surface area contributed by atoms with Crippen LogP contribution in [0.25, 0.3) is 110 Å². The molecule has 0 unspecified atom stereocenters. The van der Waals surface area contributed by atoms with Crippen molar-refractivity contribution in [3.63, 3.8) is 0 Å². The minimum atomic E-state index is 0.680. The van der Waals surface area contributed by atoms with Crippen LogP contribution in [0.5, 0.6) is 0 Å². The van der Waals surface area contributed by atoms with Gasteiger partial charge in [0.15, 0.2) is 5.82 Å². The van der Waals surface area contributed by atoms with E-state index in [0.717, 1.165) is 66.7 Å². The lowest BCUT2D eigenvalue weighted by atomic mass is 9.87. The number of benzene rings is 9. The molecule has 2 aromatic heterocycles. The van der Waals surface area contributed by atoms with Gasteiger partial charge < -0.3 is 4.42 Å². The first-order chi connectivity index (χ1) is 27.3. The molecule has 256 valence electrons. The van der Waals surface area contributed by atoms with E-state index in [4.69, 9.17) is 14.4 Å². The van der Waals surface area contributed by atoms with Crippen LogP contribution in [0.2, 0.25) is 0 Å². The van der Waals surface area contributed by atoms with Gasteiger partial charge in [-0.3, -0.25) is 0 Å². The molecule has 11 aromatic rings. The van der Waals surface area contributed by atoms with Crippen molar-refractivity contribution < 1.29 is 4.42 Å². The Balaban J connectivity index is 1.15. The van der Waals surface area contributed by atoms with Gasteiger partial charge in [0.25, 0.3) is 0 Å². The van der Waals surface area contributed by atoms with Crippen LogP contribution >= 0.6 is 0 Å². The number of hydrogen-bond donors (Lipinski definition) is 0. The van der Waals surface area contributed by atoms with E-state index in [1.54, 1.807) is 0 Å². The molecule has 0 radical (unpaired) electrons. The van der Waals surface area contributed by atoms with E-state index in [-0.39, 0.29) is 0 Å². The highest BCUT2D eigenvalue weighted by Crippen LogP contribution is 2.44. The predicted molar refractivity (Wildman–Crippen MR) is 229 cm³/mol. The molecular formula is C52H32N2O. The van der Waals surface area contributed by atoms with Crippen molar-refractivity contribution in [2.24, 2.45) is 0 Å². The fourth-order valence-electron chi connectivity index (χ4n) is 8.33. The first-order valence-electron chi connectivity index (χ1n) is 18.7. The van der Waals surface area contributed by atoms with Crippen molar-refractivity contribution in [2.45, 2.75) is 0 Å². The maximum absolute atomic E-state index is 6.33. The predicted octanol–water partition coefficient (Wildman–Crippen LogP) is 14.2. The molecule has 11 rings (SSSR count). The van der Waals surface area contributed by atoms with Gasteiger partial charge in [0.05, 0.1) is 11.4 Å². The first-order valence-corrected chi connectivity index (χ1v) is 18.7. The highest BCUT2D eigenvalue weighted by molar-refractivity contribution is 6.21. The third-order valence-corrected chi connectivity index (χ3v) is 10.9. The van der Waals surface area contributed by atoms with Crippen LogP contribution in [-0.2, 0) is 0 Å². The number of para-hydroxylation sites is 1. The van der Waals surface area contributed by atoms with Gasteiger partial charge in [0.2, 0.25) is 0 Å². The van der Waals surface area contributed by atoms with Crippen LogP contribution in [0.1, 0.15) is 0 Å². The van der Waals surface area contributed by atoms with E-state index in [2.05, 4.69) is 164 Å². The summed E-state index contributed by atoms with van der Waals surface area (Å²) in [5.41, 5.74) is 11.0. The van der Waals surface area contributed by atoms with Gasteiger partial charge in [-0.15, -0.1) is 0 Å². The molecule has 0 fully saturated rings. The molecule has 55 heavy (non-hydrogen) atoms. The molecule has 3 nitrogen and oxygen atoms in total. The first kappa shape index (κ1) is 31.2. The van der Waals surface area contributed by atoms with E-state index >= 15 is 0 Å². The molecule has 0 bridgehead atoms. The number of fused-ring (bicyclic) bond motifs is 7. The minimum Gasteiger partial charge on any atom is -0.456 e. The lowest BCUT2D eigenvalue weighted by Crippen LogP contribution is -1.98. The average molecular weight is 701 g/mol. The summed E-state index contributed by atoms with van der Waals surface area (Å²) in [4.78, 5) is 10.6. The van der Waals surface area contributed by atoms with Crippen LogP contribution in [0, 0.1) is 0 Å². The lowest BCUT2D eigenvalue weighted by Gasteiger charge is -2.18. The van der Waals surface area contributed by atoms with Crippen LogP contribution in [0.3, 0.4) is 0 Å². The second kappa shape index (κ2) is 12.6. The summed E-state index contributed by atoms with van der Waals surface area (Å²) in [5, 5.41) is 9.59. The van der Waals surface area contributed by atoms with Gasteiger partial charge in [0, 0.05) is 27.5 Å². The van der Waals surface area contributed by atoms with Crippen LogP contribution in [0.4, 0.5) is 0 Å². The minimum absolute atomic E-state index is 0.680. The summed E-state index contributed by atoms with van der Waals surface area (Å²) in [6, 6.07) is 68.6. The standard InChI is InChI=1S/C52H32N2O/c1-2-15-34(16-3-1)52-53-47(40-21-9-8-19-38(40)36-27-28-43-42-23-12-13-25-49(42)55-50(43)31-36)32-48(54-52)41-22-10-11-24-44(41)51-39-20-7-5-17-35(39)30-46-37-18-6-4-14-33(37)26-29-45(46)51/h1-32H. The Kier molecular flexibility index (Phi) is 7.17. The van der Waals surface area contributed by atoms with Gasteiger partial charge in [-0.05, 0) is 84.9 Å². The molecule has 0 aliphatic rings. The summed E-state index contributed by atoms with van der Waals surface area (Å²) in [6.07, 6.45) is 0. The fraction of sp³-hybridized carbons (Fsp3) is 0. The Morgan fingerprint density at radius 2 is 0.891 bits per heavy atom. The Bertz CT molecular complexity index is 3270. The van der Waals surface area contributed by atoms with Crippen molar-refractivity contribution in [3.05, 3.63) is 194 Å². The van der Waals surface area contributed by atoms with Gasteiger partial charge in [-0.1, -0.05) is 164 Å². The van der Waals surface area contributed by atoms with Crippen LogP contribution in [-0.4, -0.2) is 9.97 Å². The van der Waals surface area contributed by atoms with E-state index in [1.807, 2.05) is 30.3 Å². The monoisotopic (exact) mass is 700 g/mol. The molecule has 0 N–H and O–H groups in total. The molecule has 9 aromatic carbocycles. The SMILES string of the molecule is c1ccc(-c2nc(-c3ccccc3-c3ccc4c(c3)oc3ccccc34)cc(-c3ccccc3-c3c4ccccc4cc4c3ccc3ccccc34)n2)cc1. The largest absolute Gasteiger partial charge is 0.456 e. The molecule has 2 heterocycles. The zero-order valence-electron chi connectivity index (χ0n) is 29.8. The normalized spacial score (nSPS) is 11.6. The number of hydrogen-bond acceptors (Lipinski definition) is 3. The summed E-state index contributed by atoms with van der Waals surface area (Å²) in [5.74, 6) is 0.680. The maximum atomic E-state index is 6.33. The van der Waals surface area contributed by atoms with E-state index in [9.17, 15) is 0 Å². The Hall–Kier alpha value is -7.36. The van der Waals surface area contributed by atoms with Gasteiger partial charge >= 0.3 is 0 Å². The van der Waals surface area contributed by atoms with E-state index in [0.29, 0.717) is 5.82 Å². The zero-order valence-corrected chi connectivity index (χ0v) is 29.8. The highest BCUT2D eigenvalue weighted by Gasteiger charge is 2.20. The maximum Gasteiger partial charge on any atom is 0.160 e. The van der Waals surface area contributed by atoms with Crippen molar-refractivity contribution in [2.75, 3.05) is 0 Å². The van der Waals surface area contributed by atoms with Crippen LogP contribution in [0.15, 0.2) is 199 Å². The molecule has 3 heteroatoms. The second-order valence-electron chi connectivity index (χ2n) is 14.1. The number of nitrogens with zero attached hydrogens (tertiary/aromatic N) is 2. The Morgan fingerprint density at radius 1 is 0.309 bits per heavy atom. The third-order valence-electron chi connectivity index (χ3n) is 10.9. The summed E-state index contributed by atoms with van der Waals surface area (Å²) < 4.78 is 6.33. The second-order valence-corrected chi connectivity index (χ2v) is 14.1. The summed E-state index contributed by atoms with van der Waals surface area (Å²) in [6.45, 7) is 0. The summed E-state index contributed by atoms with van der Waals surface area (Å²) >= 11 is 0. The fourth-order valence-corrected chi connectivity index (χ4v) is 8.33. The molecule has 0 amide bonds. The van der Waals surface area contributed by atoms with E-state index in [1.165, 1.54) is 37.9 Å². The van der Waals surface area contributed by atoms with Crippen molar-refractivity contribution in [1.82, 2.24) is 9.97 Å². The Morgan fingerprint density at radius 3 is 1.69 bits per heavy atom. The molecule has 0 atom stereocenters. The van der Waals surface area contributed by atoms with Crippen molar-refractivity contribution in [1.29, 1.82) is 0 Å². The zero-order chi connectivity index (χ0) is 36.3. The molecular weight excluding hydrogens is 669 g/mol.